The molecular weight excluding hydrogens is 462 g/mol. The van der Waals surface area contributed by atoms with Gasteiger partial charge in [-0.15, -0.1) is 0 Å². The highest BCUT2D eigenvalue weighted by atomic mass is 16.6. The molecule has 2 N–H and O–H groups in total. The van der Waals surface area contributed by atoms with Gasteiger partial charge in [-0.25, -0.2) is 0 Å². The number of carbonyl (C=O) groups excluding carboxylic acids is 2. The third kappa shape index (κ3) is 13.0. The Labute approximate surface area is 216 Å². The van der Waals surface area contributed by atoms with Crippen molar-refractivity contribution in [3.8, 4) is 0 Å². The first-order valence-corrected chi connectivity index (χ1v) is 13.0. The van der Waals surface area contributed by atoms with Gasteiger partial charge in [0.15, 0.2) is 6.29 Å². The maximum atomic E-state index is 12.5. The Morgan fingerprint density at radius 3 is 1.67 bits per heavy atom. The molecular formula is C27H47N3O6. The number of nitrogens with zero attached hydrogens (tertiary/aromatic N) is 3. The minimum atomic E-state index is -1.29. The van der Waals surface area contributed by atoms with Crippen LogP contribution in [0.2, 0.25) is 0 Å². The highest BCUT2D eigenvalue weighted by Crippen LogP contribution is 2.21. The van der Waals surface area contributed by atoms with Gasteiger partial charge >= 0.3 is 11.9 Å². The summed E-state index contributed by atoms with van der Waals surface area (Å²) in [5.41, 5.74) is 0.125. The molecule has 2 rings (SSSR count). The van der Waals surface area contributed by atoms with Crippen molar-refractivity contribution < 1.29 is 29.3 Å². The number of aliphatic hydroxyl groups excluding tert-OH is 1. The molecule has 0 saturated carbocycles. The Hall–Kier alpha value is -1.78. The van der Waals surface area contributed by atoms with Crippen LogP contribution < -0.4 is 0 Å². The number of allylic oxidation sites excluding steroid dienone is 2. The Morgan fingerprint density at radius 1 is 0.861 bits per heavy atom. The monoisotopic (exact) mass is 509 g/mol. The van der Waals surface area contributed by atoms with Gasteiger partial charge in [-0.2, -0.15) is 0 Å². The number of esters is 2. The van der Waals surface area contributed by atoms with Gasteiger partial charge in [0, 0.05) is 52.2 Å². The van der Waals surface area contributed by atoms with E-state index in [1.165, 1.54) is 5.57 Å². The smallest absolute Gasteiger partial charge is 0.320 e. The van der Waals surface area contributed by atoms with E-state index in [2.05, 4.69) is 32.9 Å². The molecule has 0 aromatic carbocycles. The van der Waals surface area contributed by atoms with Gasteiger partial charge in [0.2, 0.25) is 0 Å². The standard InChI is InChI=1S/C27H47N3O6/c1-26(2,3)35-24(33)19-29-13-11-28(18-22-9-7-21(8-10-22)17-23(31)32)12-14-30(16-15-29)20-25(34)36-27(4,5)6/h7,9-10,21,23,31-32H,8,11-20H2,1-6H3. The Balaban J connectivity index is 2.05. The number of hydrogen-bond donors (Lipinski definition) is 2. The van der Waals surface area contributed by atoms with E-state index in [1.54, 1.807) is 0 Å². The average Bonchev–Trinajstić information content (AvgIpc) is 2.79. The van der Waals surface area contributed by atoms with Gasteiger partial charge in [0.25, 0.3) is 0 Å². The maximum absolute atomic E-state index is 12.5. The summed E-state index contributed by atoms with van der Waals surface area (Å²) in [6.45, 7) is 16.7. The second-order valence-corrected chi connectivity index (χ2v) is 11.9. The molecule has 1 saturated heterocycles. The molecule has 1 fully saturated rings. The molecule has 0 amide bonds. The molecule has 2 aliphatic rings. The fourth-order valence-electron chi connectivity index (χ4n) is 4.30. The van der Waals surface area contributed by atoms with Crippen LogP contribution in [0, 0.1) is 5.92 Å². The molecule has 1 unspecified atom stereocenters. The summed E-state index contributed by atoms with van der Waals surface area (Å²) in [4.78, 5) is 31.6. The fourth-order valence-corrected chi connectivity index (χ4v) is 4.30. The highest BCUT2D eigenvalue weighted by molar-refractivity contribution is 5.72. The van der Waals surface area contributed by atoms with Crippen LogP contribution in [0.25, 0.3) is 0 Å². The topological polar surface area (TPSA) is 103 Å². The largest absolute Gasteiger partial charge is 0.459 e. The summed E-state index contributed by atoms with van der Waals surface area (Å²) in [6, 6.07) is 0. The lowest BCUT2D eigenvalue weighted by Gasteiger charge is -2.27. The number of carbonyl (C=O) groups is 2. The van der Waals surface area contributed by atoms with E-state index < -0.39 is 17.5 Å². The quantitative estimate of drug-likeness (QED) is 0.374. The van der Waals surface area contributed by atoms with Gasteiger partial charge in [0.1, 0.15) is 11.2 Å². The van der Waals surface area contributed by atoms with E-state index in [-0.39, 0.29) is 30.9 Å². The summed E-state index contributed by atoms with van der Waals surface area (Å²) in [5, 5.41) is 18.5. The van der Waals surface area contributed by atoms with Gasteiger partial charge < -0.3 is 19.7 Å². The lowest BCUT2D eigenvalue weighted by Crippen LogP contribution is -2.42. The molecule has 1 aliphatic carbocycles. The van der Waals surface area contributed by atoms with Crippen LogP contribution in [0.1, 0.15) is 54.4 Å². The van der Waals surface area contributed by atoms with Gasteiger partial charge in [-0.3, -0.25) is 24.3 Å². The molecule has 0 spiro atoms. The first-order chi connectivity index (χ1) is 16.7. The predicted octanol–water partition coefficient (Wildman–Crippen LogP) is 1.79. The van der Waals surface area contributed by atoms with Crippen molar-refractivity contribution in [2.24, 2.45) is 5.92 Å². The average molecular weight is 510 g/mol. The molecule has 0 radical (unpaired) electrons. The molecule has 36 heavy (non-hydrogen) atoms. The molecule has 9 nitrogen and oxygen atoms in total. The fraction of sp³-hybridized carbons (Fsp3) is 0.778. The zero-order valence-corrected chi connectivity index (χ0v) is 23.0. The van der Waals surface area contributed by atoms with Crippen molar-refractivity contribution in [2.75, 3.05) is 58.9 Å². The van der Waals surface area contributed by atoms with Crippen molar-refractivity contribution in [1.29, 1.82) is 0 Å². The van der Waals surface area contributed by atoms with Crippen LogP contribution >= 0.6 is 0 Å². The lowest BCUT2D eigenvalue weighted by atomic mass is 9.93. The SMILES string of the molecule is CC(C)(C)OC(=O)CN1CCN(CC(=O)OC(C)(C)C)CCN(CC2=CCC(CC(O)O)C=C2)CC1. The highest BCUT2D eigenvalue weighted by Gasteiger charge is 2.24. The first kappa shape index (κ1) is 30.4. The Bertz CT molecular complexity index is 739. The summed E-state index contributed by atoms with van der Waals surface area (Å²) in [5.74, 6) is -0.359. The third-order valence-corrected chi connectivity index (χ3v) is 5.93. The van der Waals surface area contributed by atoms with E-state index in [1.807, 2.05) is 41.5 Å². The van der Waals surface area contributed by atoms with Crippen molar-refractivity contribution in [3.63, 3.8) is 0 Å². The predicted molar refractivity (Wildman–Crippen MR) is 139 cm³/mol. The minimum absolute atomic E-state index is 0.137. The summed E-state index contributed by atoms with van der Waals surface area (Å²) in [6.07, 6.45) is 6.11. The number of aliphatic hydroxyl groups is 2. The van der Waals surface area contributed by atoms with E-state index in [4.69, 9.17) is 9.47 Å². The van der Waals surface area contributed by atoms with E-state index in [0.717, 1.165) is 39.1 Å². The number of hydrogen-bond acceptors (Lipinski definition) is 9. The second kappa shape index (κ2) is 13.7. The maximum Gasteiger partial charge on any atom is 0.320 e. The van der Waals surface area contributed by atoms with Crippen LogP contribution in [-0.2, 0) is 19.1 Å². The van der Waals surface area contributed by atoms with Crippen LogP contribution in [0.3, 0.4) is 0 Å². The molecule has 9 heteroatoms. The molecule has 0 aromatic heterocycles. The second-order valence-electron chi connectivity index (χ2n) is 11.9. The molecule has 0 bridgehead atoms. The Kier molecular flexibility index (Phi) is 11.6. The van der Waals surface area contributed by atoms with Gasteiger partial charge in [-0.05, 0) is 59.5 Å². The first-order valence-electron chi connectivity index (χ1n) is 13.0. The van der Waals surface area contributed by atoms with Crippen LogP contribution in [0.4, 0.5) is 0 Å². The van der Waals surface area contributed by atoms with E-state index in [9.17, 15) is 19.8 Å². The molecule has 1 heterocycles. The lowest BCUT2D eigenvalue weighted by molar-refractivity contribution is -0.158. The molecule has 1 aliphatic heterocycles. The minimum Gasteiger partial charge on any atom is -0.459 e. The molecule has 1 atom stereocenters. The van der Waals surface area contributed by atoms with E-state index >= 15 is 0 Å². The third-order valence-electron chi connectivity index (χ3n) is 5.93. The van der Waals surface area contributed by atoms with Gasteiger partial charge in [-0.1, -0.05) is 18.2 Å². The van der Waals surface area contributed by atoms with Gasteiger partial charge in [0.05, 0.1) is 13.1 Å². The van der Waals surface area contributed by atoms with Crippen molar-refractivity contribution >= 4 is 11.9 Å². The number of ether oxygens (including phenoxy) is 2. The van der Waals surface area contributed by atoms with Crippen molar-refractivity contribution in [1.82, 2.24) is 14.7 Å². The molecule has 0 aromatic rings. The summed E-state index contributed by atoms with van der Waals surface area (Å²) < 4.78 is 11.1. The van der Waals surface area contributed by atoms with Crippen LogP contribution in [-0.4, -0.2) is 113 Å². The normalized spacial score (nSPS) is 21.5. The summed E-state index contributed by atoms with van der Waals surface area (Å²) >= 11 is 0. The zero-order chi connectivity index (χ0) is 26.9. The Morgan fingerprint density at radius 2 is 1.31 bits per heavy atom. The van der Waals surface area contributed by atoms with E-state index in [0.29, 0.717) is 19.5 Å². The van der Waals surface area contributed by atoms with Crippen molar-refractivity contribution in [2.45, 2.75) is 71.9 Å². The summed E-state index contributed by atoms with van der Waals surface area (Å²) in [7, 11) is 0. The van der Waals surface area contributed by atoms with Crippen LogP contribution in [0.5, 0.6) is 0 Å². The zero-order valence-electron chi connectivity index (χ0n) is 23.0. The van der Waals surface area contributed by atoms with Crippen molar-refractivity contribution in [3.05, 3.63) is 23.8 Å². The van der Waals surface area contributed by atoms with Crippen LogP contribution in [0.15, 0.2) is 23.8 Å². The molecule has 206 valence electrons. The number of rotatable bonds is 8.